The van der Waals surface area contributed by atoms with E-state index in [2.05, 4.69) is 10.3 Å². The third kappa shape index (κ3) is 2.64. The van der Waals surface area contributed by atoms with Crippen LogP contribution in [0.3, 0.4) is 0 Å². The average molecular weight is 340 g/mol. The van der Waals surface area contributed by atoms with Gasteiger partial charge in [0.2, 0.25) is 5.91 Å². The molecule has 23 heavy (non-hydrogen) atoms. The van der Waals surface area contributed by atoms with E-state index >= 15 is 0 Å². The molecule has 0 radical (unpaired) electrons. The molecule has 1 aromatic rings. The summed E-state index contributed by atoms with van der Waals surface area (Å²) in [5.74, 6) is -0.495. The van der Waals surface area contributed by atoms with Crippen LogP contribution in [0.4, 0.5) is 5.82 Å². The third-order valence-corrected chi connectivity index (χ3v) is 5.03. The van der Waals surface area contributed by atoms with Crippen molar-refractivity contribution in [1.29, 1.82) is 0 Å². The van der Waals surface area contributed by atoms with Gasteiger partial charge in [-0.05, 0) is 12.5 Å². The summed E-state index contributed by atoms with van der Waals surface area (Å²) in [6.07, 6.45) is 1.94. The zero-order valence-electron chi connectivity index (χ0n) is 12.7. The fourth-order valence-corrected chi connectivity index (χ4v) is 3.80. The van der Waals surface area contributed by atoms with Crippen LogP contribution in [0.2, 0.25) is 5.02 Å². The van der Waals surface area contributed by atoms with Crippen molar-refractivity contribution >= 4 is 29.3 Å². The molecule has 2 aliphatic heterocycles. The Morgan fingerprint density at radius 1 is 1.57 bits per heavy atom. The van der Waals surface area contributed by atoms with Gasteiger partial charge in [0.1, 0.15) is 5.82 Å². The molecule has 0 bridgehead atoms. The number of carbonyl (C=O) groups is 2. The summed E-state index contributed by atoms with van der Waals surface area (Å²) >= 11 is 6.21. The lowest BCUT2D eigenvalue weighted by Crippen LogP contribution is -2.49. The molecule has 2 fully saturated rings. The summed E-state index contributed by atoms with van der Waals surface area (Å²) in [4.78, 5) is 29.6. The second-order valence-electron chi connectivity index (χ2n) is 5.97. The number of aromatic nitrogens is 1. The molecule has 0 saturated carbocycles. The van der Waals surface area contributed by atoms with Crippen molar-refractivity contribution in [2.75, 3.05) is 38.3 Å². The highest BCUT2D eigenvalue weighted by Gasteiger charge is 2.53. The van der Waals surface area contributed by atoms with Crippen LogP contribution in [0.15, 0.2) is 12.3 Å². The predicted molar refractivity (Wildman–Crippen MR) is 83.8 cm³/mol. The molecule has 2 saturated heterocycles. The van der Waals surface area contributed by atoms with Crippen molar-refractivity contribution in [3.05, 3.63) is 22.8 Å². The summed E-state index contributed by atoms with van der Waals surface area (Å²) < 4.78 is 5.53. The predicted octanol–water partition coefficient (Wildman–Crippen LogP) is 1.02. The number of pyridine rings is 1. The molecule has 1 amide bonds. The minimum atomic E-state index is -1.07. The van der Waals surface area contributed by atoms with Gasteiger partial charge in [-0.25, -0.2) is 9.78 Å². The number of anilines is 1. The molecule has 2 aliphatic rings. The summed E-state index contributed by atoms with van der Waals surface area (Å²) in [5, 5.41) is 12.0. The van der Waals surface area contributed by atoms with Gasteiger partial charge in [0.25, 0.3) is 0 Å². The standard InChI is InChI=1S/C15H18ClN3O4/c1-17-14(22)15-2-3-23-7-10(15)6-19(8-15)12-11(16)4-9(5-18-12)13(20)21/h4-5,10H,2-3,6-8H2,1H3,(H,17,22)(H,20,21)/t10-,15+/m1/s1. The van der Waals surface area contributed by atoms with Gasteiger partial charge < -0.3 is 20.1 Å². The molecular formula is C15H18ClN3O4. The molecule has 0 unspecified atom stereocenters. The van der Waals surface area contributed by atoms with Crippen molar-refractivity contribution < 1.29 is 19.4 Å². The topological polar surface area (TPSA) is 91.8 Å². The number of nitrogens with one attached hydrogen (secondary N) is 1. The van der Waals surface area contributed by atoms with Crippen LogP contribution < -0.4 is 10.2 Å². The van der Waals surface area contributed by atoms with E-state index in [-0.39, 0.29) is 22.4 Å². The number of carbonyl (C=O) groups excluding carboxylic acids is 1. The largest absolute Gasteiger partial charge is 0.478 e. The van der Waals surface area contributed by atoms with Gasteiger partial charge in [0.15, 0.2) is 0 Å². The van der Waals surface area contributed by atoms with Gasteiger partial charge in [-0.3, -0.25) is 4.79 Å². The Labute approximate surface area is 138 Å². The van der Waals surface area contributed by atoms with Crippen LogP contribution in [-0.2, 0) is 9.53 Å². The number of halogens is 1. The Balaban J connectivity index is 1.91. The fourth-order valence-electron chi connectivity index (χ4n) is 3.51. The SMILES string of the molecule is CNC(=O)[C@]12CCOC[C@H]1CN(c1ncc(C(=O)O)cc1Cl)C2. The Bertz CT molecular complexity index is 654. The summed E-state index contributed by atoms with van der Waals surface area (Å²) in [5.41, 5.74) is -0.469. The number of aromatic carboxylic acids is 1. The lowest BCUT2D eigenvalue weighted by atomic mass is 9.73. The molecule has 8 heteroatoms. The van der Waals surface area contributed by atoms with Crippen LogP contribution in [0.5, 0.6) is 0 Å². The maximum absolute atomic E-state index is 12.5. The number of carboxylic acids is 1. The number of ether oxygens (including phenoxy) is 1. The number of amides is 1. The van der Waals surface area contributed by atoms with Gasteiger partial charge in [-0.1, -0.05) is 11.6 Å². The van der Waals surface area contributed by atoms with Crippen LogP contribution in [0.1, 0.15) is 16.8 Å². The van der Waals surface area contributed by atoms with E-state index in [0.717, 1.165) is 0 Å². The Morgan fingerprint density at radius 3 is 3.00 bits per heavy atom. The maximum Gasteiger partial charge on any atom is 0.337 e. The minimum absolute atomic E-state index is 0.00609. The minimum Gasteiger partial charge on any atom is -0.478 e. The van der Waals surface area contributed by atoms with E-state index in [1.165, 1.54) is 12.3 Å². The number of rotatable bonds is 3. The highest BCUT2D eigenvalue weighted by Crippen LogP contribution is 2.44. The van der Waals surface area contributed by atoms with E-state index in [9.17, 15) is 9.59 Å². The fraction of sp³-hybridized carbons (Fsp3) is 0.533. The molecular weight excluding hydrogens is 322 g/mol. The first-order valence-corrected chi connectivity index (χ1v) is 7.79. The van der Waals surface area contributed by atoms with Gasteiger partial charge in [0, 0.05) is 38.9 Å². The van der Waals surface area contributed by atoms with Crippen molar-refractivity contribution in [3.8, 4) is 0 Å². The van der Waals surface area contributed by atoms with Crippen LogP contribution in [0.25, 0.3) is 0 Å². The zero-order chi connectivity index (χ0) is 16.6. The second-order valence-corrected chi connectivity index (χ2v) is 6.38. The third-order valence-electron chi connectivity index (χ3n) is 4.75. The monoisotopic (exact) mass is 339 g/mol. The van der Waals surface area contributed by atoms with Gasteiger partial charge >= 0.3 is 5.97 Å². The quantitative estimate of drug-likeness (QED) is 0.854. The highest BCUT2D eigenvalue weighted by atomic mass is 35.5. The number of nitrogens with zero attached hydrogens (tertiary/aromatic N) is 2. The van der Waals surface area contributed by atoms with Crippen molar-refractivity contribution in [1.82, 2.24) is 10.3 Å². The van der Waals surface area contributed by atoms with Gasteiger partial charge in [0.05, 0.1) is 22.6 Å². The molecule has 2 N–H and O–H groups in total. The number of hydrogen-bond donors (Lipinski definition) is 2. The maximum atomic E-state index is 12.5. The molecule has 1 aromatic heterocycles. The zero-order valence-corrected chi connectivity index (χ0v) is 13.5. The Kier molecular flexibility index (Phi) is 4.16. The van der Waals surface area contributed by atoms with Crippen molar-refractivity contribution in [2.45, 2.75) is 6.42 Å². The molecule has 3 heterocycles. The first-order valence-electron chi connectivity index (χ1n) is 7.41. The molecule has 0 aliphatic carbocycles. The average Bonchev–Trinajstić information content (AvgIpc) is 2.94. The Hall–Kier alpha value is -1.86. The van der Waals surface area contributed by atoms with E-state index in [1.807, 2.05) is 4.90 Å². The van der Waals surface area contributed by atoms with E-state index in [0.29, 0.717) is 38.5 Å². The number of carboxylic acid groups (broad SMARTS) is 1. The molecule has 0 spiro atoms. The molecule has 2 atom stereocenters. The van der Waals surface area contributed by atoms with E-state index in [1.54, 1.807) is 7.05 Å². The first kappa shape index (κ1) is 16.0. The lowest BCUT2D eigenvalue weighted by molar-refractivity contribution is -0.138. The normalized spacial score (nSPS) is 26.7. The van der Waals surface area contributed by atoms with Gasteiger partial charge in [-0.2, -0.15) is 0 Å². The van der Waals surface area contributed by atoms with Crippen LogP contribution >= 0.6 is 11.6 Å². The van der Waals surface area contributed by atoms with Crippen LogP contribution in [-0.4, -0.2) is 55.3 Å². The smallest absolute Gasteiger partial charge is 0.337 e. The molecule has 7 nitrogen and oxygen atoms in total. The molecule has 3 rings (SSSR count). The van der Waals surface area contributed by atoms with Crippen molar-refractivity contribution in [2.24, 2.45) is 11.3 Å². The van der Waals surface area contributed by atoms with Crippen molar-refractivity contribution in [3.63, 3.8) is 0 Å². The molecule has 124 valence electrons. The highest BCUT2D eigenvalue weighted by molar-refractivity contribution is 6.33. The van der Waals surface area contributed by atoms with Crippen LogP contribution in [0, 0.1) is 11.3 Å². The summed E-state index contributed by atoms with van der Waals surface area (Å²) in [6.45, 7) is 2.18. The van der Waals surface area contributed by atoms with Gasteiger partial charge in [-0.15, -0.1) is 0 Å². The first-order chi connectivity index (χ1) is 11.0. The lowest BCUT2D eigenvalue weighted by Gasteiger charge is -2.36. The number of hydrogen-bond acceptors (Lipinski definition) is 5. The summed E-state index contributed by atoms with van der Waals surface area (Å²) in [7, 11) is 1.64. The Morgan fingerprint density at radius 2 is 2.35 bits per heavy atom. The summed E-state index contributed by atoms with van der Waals surface area (Å²) in [6, 6.07) is 1.39. The molecule has 0 aromatic carbocycles. The second kappa shape index (κ2) is 5.98. The van der Waals surface area contributed by atoms with E-state index in [4.69, 9.17) is 21.4 Å². The van der Waals surface area contributed by atoms with E-state index < -0.39 is 11.4 Å². The number of fused-ring (bicyclic) bond motifs is 1.